The molecule has 3 heteroatoms. The average molecular weight is 234 g/mol. The number of nitrogens with two attached hydrogens (primary N) is 1. The maximum absolute atomic E-state index is 11.0. The molecule has 94 valence electrons. The highest BCUT2D eigenvalue weighted by Crippen LogP contribution is 2.24. The summed E-state index contributed by atoms with van der Waals surface area (Å²) in [5.41, 5.74) is 8.98. The first-order valence-corrected chi connectivity index (χ1v) is 5.82. The second kappa shape index (κ2) is 4.78. The minimum atomic E-state index is -0.398. The third-order valence-corrected chi connectivity index (χ3v) is 3.00. The lowest BCUT2D eigenvalue weighted by molar-refractivity contribution is 0.216. The van der Waals surface area contributed by atoms with Gasteiger partial charge < -0.3 is 10.6 Å². The molecule has 0 aromatic heterocycles. The Morgan fingerprint density at radius 3 is 2.41 bits per heavy atom. The second-order valence-electron chi connectivity index (χ2n) is 5.59. The Bertz CT molecular complexity index is 419. The number of rotatable bonds is 2. The summed E-state index contributed by atoms with van der Waals surface area (Å²) in [7, 11) is 1.71. The Labute approximate surface area is 104 Å². The molecule has 0 aliphatic carbocycles. The highest BCUT2D eigenvalue weighted by molar-refractivity contribution is 5.71. The number of carbonyl (C=O) groups excluding carboxylic acids is 1. The van der Waals surface area contributed by atoms with Crippen molar-refractivity contribution in [3.05, 3.63) is 34.9 Å². The number of amides is 2. The van der Waals surface area contributed by atoms with Crippen LogP contribution < -0.4 is 5.73 Å². The molecule has 0 bridgehead atoms. The van der Waals surface area contributed by atoms with E-state index in [1.54, 1.807) is 7.05 Å². The lowest BCUT2D eigenvalue weighted by Gasteiger charge is -2.22. The van der Waals surface area contributed by atoms with Crippen molar-refractivity contribution in [3.63, 3.8) is 0 Å². The molecular weight excluding hydrogens is 212 g/mol. The van der Waals surface area contributed by atoms with E-state index in [0.717, 1.165) is 5.56 Å². The molecular formula is C14H22N2O. The number of nitrogens with zero attached hydrogens (tertiary/aromatic N) is 1. The van der Waals surface area contributed by atoms with E-state index in [4.69, 9.17) is 5.73 Å². The minimum Gasteiger partial charge on any atom is -0.351 e. The van der Waals surface area contributed by atoms with Gasteiger partial charge in [-0.15, -0.1) is 0 Å². The summed E-state index contributed by atoms with van der Waals surface area (Å²) < 4.78 is 0. The number of benzene rings is 1. The van der Waals surface area contributed by atoms with E-state index >= 15 is 0 Å². The van der Waals surface area contributed by atoms with Crippen molar-refractivity contribution >= 4 is 6.03 Å². The zero-order chi connectivity index (χ0) is 13.2. The van der Waals surface area contributed by atoms with Gasteiger partial charge in [-0.3, -0.25) is 0 Å². The molecule has 2 amide bonds. The average Bonchev–Trinajstić information content (AvgIpc) is 2.19. The lowest BCUT2D eigenvalue weighted by atomic mass is 9.85. The molecule has 0 fully saturated rings. The Morgan fingerprint density at radius 1 is 1.35 bits per heavy atom. The van der Waals surface area contributed by atoms with Crippen LogP contribution in [0.1, 0.15) is 37.5 Å². The van der Waals surface area contributed by atoms with E-state index < -0.39 is 6.03 Å². The maximum Gasteiger partial charge on any atom is 0.314 e. The van der Waals surface area contributed by atoms with Gasteiger partial charge in [-0.05, 0) is 29.0 Å². The smallest absolute Gasteiger partial charge is 0.314 e. The zero-order valence-electron chi connectivity index (χ0n) is 11.4. The molecule has 0 unspecified atom stereocenters. The molecule has 0 atom stereocenters. The molecule has 1 aromatic rings. The van der Waals surface area contributed by atoms with E-state index in [2.05, 4.69) is 45.9 Å². The molecule has 17 heavy (non-hydrogen) atoms. The highest BCUT2D eigenvalue weighted by atomic mass is 16.2. The maximum atomic E-state index is 11.0. The largest absolute Gasteiger partial charge is 0.351 e. The van der Waals surface area contributed by atoms with Crippen LogP contribution in [0.25, 0.3) is 0 Å². The standard InChI is InChI=1S/C14H22N2O/c1-10-6-7-12(14(2,3)4)8-11(10)9-16(5)13(15)17/h6-8H,9H2,1-5H3,(H2,15,17). The first-order valence-electron chi connectivity index (χ1n) is 5.82. The SMILES string of the molecule is Cc1ccc(C(C)(C)C)cc1CN(C)C(N)=O. The fourth-order valence-corrected chi connectivity index (χ4v) is 1.64. The van der Waals surface area contributed by atoms with Gasteiger partial charge in [0.1, 0.15) is 0 Å². The van der Waals surface area contributed by atoms with E-state index in [0.29, 0.717) is 6.54 Å². The van der Waals surface area contributed by atoms with Gasteiger partial charge in [0.15, 0.2) is 0 Å². The molecule has 3 nitrogen and oxygen atoms in total. The van der Waals surface area contributed by atoms with Crippen LogP contribution >= 0.6 is 0 Å². The number of urea groups is 1. The van der Waals surface area contributed by atoms with Crippen molar-refractivity contribution in [2.75, 3.05) is 7.05 Å². The molecule has 0 saturated carbocycles. The lowest BCUT2D eigenvalue weighted by Crippen LogP contribution is -2.31. The second-order valence-corrected chi connectivity index (χ2v) is 5.59. The highest BCUT2D eigenvalue weighted by Gasteiger charge is 2.15. The summed E-state index contributed by atoms with van der Waals surface area (Å²) in [6, 6.07) is 6.01. The molecule has 0 radical (unpaired) electrons. The summed E-state index contributed by atoms with van der Waals surface area (Å²) in [6.07, 6.45) is 0. The van der Waals surface area contributed by atoms with Gasteiger partial charge in [-0.2, -0.15) is 0 Å². The third-order valence-electron chi connectivity index (χ3n) is 3.00. The number of carbonyl (C=O) groups is 1. The molecule has 0 saturated heterocycles. The third kappa shape index (κ3) is 3.48. The summed E-state index contributed by atoms with van der Waals surface area (Å²) in [5, 5.41) is 0. The van der Waals surface area contributed by atoms with Gasteiger partial charge >= 0.3 is 6.03 Å². The molecule has 0 heterocycles. The van der Waals surface area contributed by atoms with Crippen molar-refractivity contribution in [3.8, 4) is 0 Å². The van der Waals surface area contributed by atoms with Crippen LogP contribution in [0.3, 0.4) is 0 Å². The Morgan fingerprint density at radius 2 is 1.94 bits per heavy atom. The summed E-state index contributed by atoms with van der Waals surface area (Å²) >= 11 is 0. The van der Waals surface area contributed by atoms with Crippen molar-refractivity contribution in [2.45, 2.75) is 39.7 Å². The Balaban J connectivity index is 3.03. The van der Waals surface area contributed by atoms with Crippen LogP contribution in [0, 0.1) is 6.92 Å². The minimum absolute atomic E-state index is 0.119. The van der Waals surface area contributed by atoms with Crippen LogP contribution in [0.15, 0.2) is 18.2 Å². The monoisotopic (exact) mass is 234 g/mol. The molecule has 0 aliphatic rings. The van der Waals surface area contributed by atoms with Crippen LogP contribution in [0.5, 0.6) is 0 Å². The van der Waals surface area contributed by atoms with Crippen LogP contribution in [0.4, 0.5) is 4.79 Å². The number of hydrogen-bond acceptors (Lipinski definition) is 1. The van der Waals surface area contributed by atoms with Gasteiger partial charge in [-0.1, -0.05) is 39.0 Å². The molecule has 1 aromatic carbocycles. The molecule has 2 N–H and O–H groups in total. The van der Waals surface area contributed by atoms with Gasteiger partial charge in [0.05, 0.1) is 0 Å². The van der Waals surface area contributed by atoms with E-state index in [1.807, 2.05) is 0 Å². The van der Waals surface area contributed by atoms with E-state index in [1.165, 1.54) is 16.0 Å². The van der Waals surface area contributed by atoms with Crippen molar-refractivity contribution < 1.29 is 4.79 Å². The quantitative estimate of drug-likeness (QED) is 0.840. The normalized spacial score (nSPS) is 11.4. The Kier molecular flexibility index (Phi) is 3.81. The fourth-order valence-electron chi connectivity index (χ4n) is 1.64. The summed E-state index contributed by atoms with van der Waals surface area (Å²) in [5.74, 6) is 0. The van der Waals surface area contributed by atoms with Crippen LogP contribution in [0.2, 0.25) is 0 Å². The van der Waals surface area contributed by atoms with Gasteiger partial charge in [-0.25, -0.2) is 4.79 Å². The molecule has 1 rings (SSSR count). The Hall–Kier alpha value is -1.51. The fraction of sp³-hybridized carbons (Fsp3) is 0.500. The first-order chi connectivity index (χ1) is 7.71. The number of aryl methyl sites for hydroxylation is 1. The zero-order valence-corrected chi connectivity index (χ0v) is 11.4. The molecule has 0 spiro atoms. The van der Waals surface area contributed by atoms with E-state index in [9.17, 15) is 4.79 Å². The van der Waals surface area contributed by atoms with E-state index in [-0.39, 0.29) is 5.41 Å². The van der Waals surface area contributed by atoms with Crippen molar-refractivity contribution in [1.29, 1.82) is 0 Å². The van der Waals surface area contributed by atoms with Gasteiger partial charge in [0.2, 0.25) is 0 Å². The van der Waals surface area contributed by atoms with Crippen molar-refractivity contribution in [1.82, 2.24) is 4.90 Å². The predicted octanol–water partition coefficient (Wildman–Crippen LogP) is 2.80. The summed E-state index contributed by atoms with van der Waals surface area (Å²) in [6.45, 7) is 9.15. The number of primary amides is 1. The van der Waals surface area contributed by atoms with Crippen LogP contribution in [-0.4, -0.2) is 18.0 Å². The van der Waals surface area contributed by atoms with Gasteiger partial charge in [0.25, 0.3) is 0 Å². The van der Waals surface area contributed by atoms with Crippen LogP contribution in [-0.2, 0) is 12.0 Å². The number of hydrogen-bond donors (Lipinski definition) is 1. The molecule has 0 aliphatic heterocycles. The first kappa shape index (κ1) is 13.6. The van der Waals surface area contributed by atoms with Crippen molar-refractivity contribution in [2.24, 2.45) is 5.73 Å². The summed E-state index contributed by atoms with van der Waals surface area (Å²) in [4.78, 5) is 12.6. The van der Waals surface area contributed by atoms with Gasteiger partial charge in [0, 0.05) is 13.6 Å². The predicted molar refractivity (Wildman–Crippen MR) is 70.9 cm³/mol. The topological polar surface area (TPSA) is 46.3 Å².